The number of ether oxygens (including phenoxy) is 2. The maximum atomic E-state index is 15.7. The second kappa shape index (κ2) is 19.7. The molecule has 2 amide bonds. The number of nitrogens with zero attached hydrogens (tertiary/aromatic N) is 4. The Labute approximate surface area is 367 Å². The summed E-state index contributed by atoms with van der Waals surface area (Å²) in [7, 11) is 0. The summed E-state index contributed by atoms with van der Waals surface area (Å²) >= 11 is 0. The number of carbonyl (C=O) groups is 2. The van der Waals surface area contributed by atoms with Gasteiger partial charge in [-0.2, -0.15) is 0 Å². The molecule has 0 saturated carbocycles. The fourth-order valence-corrected chi connectivity index (χ4v) is 9.40. The van der Waals surface area contributed by atoms with Gasteiger partial charge < -0.3 is 41.4 Å². The number of nitrogens with one attached hydrogen (secondary N) is 6. The maximum absolute atomic E-state index is 15.7. The molecular formula is C47H60F2N10O4. The predicted octanol–water partition coefficient (Wildman–Crippen LogP) is 6.82. The number of anilines is 4. The van der Waals surface area contributed by atoms with Gasteiger partial charge in [0.2, 0.25) is 11.8 Å². The molecule has 3 unspecified atom stereocenters. The van der Waals surface area contributed by atoms with Crippen LogP contribution in [0.4, 0.5) is 31.8 Å². The molecule has 0 radical (unpaired) electrons. The highest BCUT2D eigenvalue weighted by atomic mass is 19.1. The van der Waals surface area contributed by atoms with Gasteiger partial charge in [-0.1, -0.05) is 0 Å². The van der Waals surface area contributed by atoms with Gasteiger partial charge in [0.15, 0.2) is 11.6 Å². The first-order valence-electron chi connectivity index (χ1n) is 22.4. The standard InChI is InChI=1S/C47H60F2N10O4/c1-46(2)20-29(8-13-62-46)23-54-34-15-35(57-41(17-34)37-19-43(56-28-39(37)49)59-45(61)32-6-11-51-26-32)22-47(3)21-30(9-14-63-47)24-53-33-7-12-52-40(16-33)36-18-42(55-27-38(36)48)58-44(60)31-5-4-10-50-25-31/h7,12,15-19,27-32,50-51H,4-6,8-11,13-14,20-26H2,1-3H3,(H,52,53)(H,54,57)(H,55,58,60)(H,56,59,61)/t29?,30?,31-,32-,47?/m1/s1. The number of rotatable bonds is 14. The minimum atomic E-state index is -0.568. The van der Waals surface area contributed by atoms with Gasteiger partial charge in [0, 0.05) is 80.2 Å². The van der Waals surface area contributed by atoms with Gasteiger partial charge in [-0.15, -0.1) is 0 Å². The van der Waals surface area contributed by atoms with Gasteiger partial charge >= 0.3 is 0 Å². The number of hydrogen-bond donors (Lipinski definition) is 6. The largest absolute Gasteiger partial charge is 0.385 e. The summed E-state index contributed by atoms with van der Waals surface area (Å²) in [6.45, 7) is 11.9. The summed E-state index contributed by atoms with van der Waals surface area (Å²) in [4.78, 5) is 43.6. The summed E-state index contributed by atoms with van der Waals surface area (Å²) in [5, 5.41) is 19.4. The van der Waals surface area contributed by atoms with Crippen LogP contribution in [0, 0.1) is 35.3 Å². The molecule has 0 aromatic carbocycles. The summed E-state index contributed by atoms with van der Waals surface area (Å²) < 4.78 is 43.3. The van der Waals surface area contributed by atoms with Crippen LogP contribution in [0.5, 0.6) is 0 Å². The quantitative estimate of drug-likeness (QED) is 0.0782. The van der Waals surface area contributed by atoms with Crippen LogP contribution in [0.2, 0.25) is 0 Å². The van der Waals surface area contributed by atoms with Crippen LogP contribution in [0.1, 0.15) is 71.4 Å². The Bertz CT molecular complexity index is 2250. The minimum absolute atomic E-state index is 0.134. The Morgan fingerprint density at radius 3 is 2.00 bits per heavy atom. The molecule has 0 aliphatic carbocycles. The lowest BCUT2D eigenvalue weighted by atomic mass is 9.83. The van der Waals surface area contributed by atoms with Crippen LogP contribution in [0.15, 0.2) is 55.0 Å². The van der Waals surface area contributed by atoms with E-state index in [1.54, 1.807) is 18.3 Å². The zero-order valence-corrected chi connectivity index (χ0v) is 36.5. The molecular weight excluding hydrogens is 807 g/mol. The molecule has 6 N–H and O–H groups in total. The first-order valence-corrected chi connectivity index (χ1v) is 22.4. The number of pyridine rings is 4. The first-order chi connectivity index (χ1) is 30.4. The van der Waals surface area contributed by atoms with Gasteiger partial charge in [-0.3, -0.25) is 19.6 Å². The van der Waals surface area contributed by atoms with Crippen molar-refractivity contribution in [2.24, 2.45) is 23.7 Å². The number of amides is 2. The minimum Gasteiger partial charge on any atom is -0.385 e. The van der Waals surface area contributed by atoms with E-state index in [1.165, 1.54) is 6.07 Å². The average molecular weight is 867 g/mol. The third kappa shape index (κ3) is 11.7. The van der Waals surface area contributed by atoms with Gasteiger partial charge in [-0.25, -0.2) is 18.7 Å². The average Bonchev–Trinajstić information content (AvgIpc) is 3.82. The third-order valence-electron chi connectivity index (χ3n) is 12.7. The Kier molecular flexibility index (Phi) is 13.9. The van der Waals surface area contributed by atoms with Crippen molar-refractivity contribution in [2.45, 2.75) is 83.3 Å². The highest BCUT2D eigenvalue weighted by Gasteiger charge is 2.35. The SMILES string of the molecule is CC1(C)CC(CNc2cc(CC3(C)CC(CNc4ccnc(-c5cc(NC(=O)[C@@H]6CCCNC6)ncc5F)c4)CCO3)nc(-c3cc(NC(=O)[C@@H]4CCNC4)ncc3F)c2)CCO1. The van der Waals surface area contributed by atoms with Gasteiger partial charge in [0.25, 0.3) is 0 Å². The van der Waals surface area contributed by atoms with Crippen LogP contribution < -0.4 is 31.9 Å². The summed E-state index contributed by atoms with van der Waals surface area (Å²) in [6, 6.07) is 10.6. The smallest absolute Gasteiger partial charge is 0.229 e. The molecule has 8 rings (SSSR count). The second-order valence-electron chi connectivity index (χ2n) is 18.5. The molecule has 8 heterocycles. The molecule has 14 nitrogen and oxygen atoms in total. The molecule has 0 spiro atoms. The highest BCUT2D eigenvalue weighted by Crippen LogP contribution is 2.35. The Balaban J connectivity index is 0.959. The summed E-state index contributed by atoms with van der Waals surface area (Å²) in [5.74, 6) is -0.459. The summed E-state index contributed by atoms with van der Waals surface area (Å²) in [5.41, 5.74) is 2.96. The van der Waals surface area contributed by atoms with Crippen molar-refractivity contribution >= 4 is 34.8 Å². The molecule has 336 valence electrons. The highest BCUT2D eigenvalue weighted by molar-refractivity contribution is 5.93. The molecule has 0 bridgehead atoms. The molecule has 16 heteroatoms. The van der Waals surface area contributed by atoms with Crippen LogP contribution in [-0.2, 0) is 25.5 Å². The number of halogens is 2. The van der Waals surface area contributed by atoms with E-state index in [0.717, 1.165) is 94.0 Å². The first kappa shape index (κ1) is 44.4. The number of piperidine rings is 1. The number of carbonyl (C=O) groups excluding carboxylic acids is 2. The Hall–Kier alpha value is -5.16. The van der Waals surface area contributed by atoms with E-state index in [9.17, 15) is 9.59 Å². The molecule has 4 saturated heterocycles. The van der Waals surface area contributed by atoms with Gasteiger partial charge in [0.1, 0.15) is 11.6 Å². The fourth-order valence-electron chi connectivity index (χ4n) is 9.40. The summed E-state index contributed by atoms with van der Waals surface area (Å²) in [6.07, 6.45) is 10.3. The molecule has 4 aliphatic rings. The van der Waals surface area contributed by atoms with E-state index in [0.29, 0.717) is 56.6 Å². The predicted molar refractivity (Wildman–Crippen MR) is 239 cm³/mol. The molecule has 5 atom stereocenters. The van der Waals surface area contributed by atoms with Crippen LogP contribution in [0.3, 0.4) is 0 Å². The van der Waals surface area contributed by atoms with Crippen molar-refractivity contribution in [3.05, 3.63) is 72.3 Å². The third-order valence-corrected chi connectivity index (χ3v) is 12.7. The maximum Gasteiger partial charge on any atom is 0.229 e. The van der Waals surface area contributed by atoms with Crippen molar-refractivity contribution in [1.82, 2.24) is 30.6 Å². The lowest BCUT2D eigenvalue weighted by molar-refractivity contribution is -0.120. The van der Waals surface area contributed by atoms with Crippen molar-refractivity contribution in [3.63, 3.8) is 0 Å². The van der Waals surface area contributed by atoms with Crippen LogP contribution in [0.25, 0.3) is 22.5 Å². The van der Waals surface area contributed by atoms with E-state index in [1.807, 2.05) is 18.2 Å². The molecule has 4 aliphatic heterocycles. The topological polar surface area (TPSA) is 176 Å². The van der Waals surface area contributed by atoms with Crippen LogP contribution in [-0.4, -0.2) is 95.4 Å². The van der Waals surface area contributed by atoms with E-state index in [-0.39, 0.29) is 57.9 Å². The van der Waals surface area contributed by atoms with Crippen molar-refractivity contribution < 1.29 is 27.8 Å². The Morgan fingerprint density at radius 2 is 1.35 bits per heavy atom. The lowest BCUT2D eigenvalue weighted by Crippen LogP contribution is -2.41. The zero-order valence-electron chi connectivity index (χ0n) is 36.5. The van der Waals surface area contributed by atoms with Crippen molar-refractivity contribution in [1.29, 1.82) is 0 Å². The fraction of sp³-hybridized carbons (Fsp3) is 0.532. The number of hydrogen-bond acceptors (Lipinski definition) is 12. The van der Waals surface area contributed by atoms with Crippen molar-refractivity contribution in [2.75, 3.05) is 73.7 Å². The van der Waals surface area contributed by atoms with Crippen molar-refractivity contribution in [3.8, 4) is 22.5 Å². The lowest BCUT2D eigenvalue weighted by Gasteiger charge is -2.38. The van der Waals surface area contributed by atoms with Crippen LogP contribution >= 0.6 is 0 Å². The van der Waals surface area contributed by atoms with Gasteiger partial charge in [-0.05, 0) is 127 Å². The van der Waals surface area contributed by atoms with E-state index >= 15 is 8.78 Å². The van der Waals surface area contributed by atoms with E-state index in [2.05, 4.69) is 67.6 Å². The monoisotopic (exact) mass is 866 g/mol. The molecule has 4 aromatic heterocycles. The second-order valence-corrected chi connectivity index (χ2v) is 18.5. The molecule has 63 heavy (non-hydrogen) atoms. The normalized spacial score (nSPS) is 24.7. The molecule has 4 fully saturated rings. The molecule has 4 aromatic rings. The number of aromatic nitrogens is 4. The zero-order chi connectivity index (χ0) is 44.0. The Morgan fingerprint density at radius 1 is 0.730 bits per heavy atom. The van der Waals surface area contributed by atoms with Gasteiger partial charge in [0.05, 0.1) is 46.8 Å². The van der Waals surface area contributed by atoms with E-state index < -0.39 is 17.2 Å². The van der Waals surface area contributed by atoms with E-state index in [4.69, 9.17) is 14.5 Å².